The Hall–Kier alpha value is -4.41. The zero-order valence-electron chi connectivity index (χ0n) is 25.3. The fourth-order valence-electron chi connectivity index (χ4n) is 5.97. The lowest BCUT2D eigenvalue weighted by atomic mass is 9.77. The first-order valence-electron chi connectivity index (χ1n) is 15.1. The van der Waals surface area contributed by atoms with Gasteiger partial charge in [-0.25, -0.2) is 0 Å². The molecular weight excluding hydrogens is 560 g/mol. The van der Waals surface area contributed by atoms with Gasteiger partial charge in [-0.05, 0) is 54.2 Å². The van der Waals surface area contributed by atoms with Crippen LogP contribution in [0, 0.1) is 5.92 Å². The summed E-state index contributed by atoms with van der Waals surface area (Å²) in [5.41, 5.74) is 10.1. The van der Waals surface area contributed by atoms with Crippen LogP contribution in [0.5, 0.6) is 11.5 Å². The first kappa shape index (κ1) is 31.0. The van der Waals surface area contributed by atoms with Crippen LogP contribution in [0.4, 0.5) is 11.4 Å². The number of nitrogens with one attached hydrogen (secondary N) is 3. The average molecular weight is 601 g/mol. The maximum absolute atomic E-state index is 13.6. The number of hydrogen-bond acceptors (Lipinski definition) is 7. The van der Waals surface area contributed by atoms with E-state index in [-0.39, 0.29) is 11.8 Å². The molecule has 0 fully saturated rings. The van der Waals surface area contributed by atoms with Crippen LogP contribution in [0.1, 0.15) is 68.7 Å². The lowest BCUT2D eigenvalue weighted by Gasteiger charge is -2.37. The number of carbonyl (C=O) groups is 3. The summed E-state index contributed by atoms with van der Waals surface area (Å²) >= 11 is 0. The molecule has 44 heavy (non-hydrogen) atoms. The minimum atomic E-state index is -0.891. The Bertz CT molecular complexity index is 1560. The van der Waals surface area contributed by atoms with Crippen molar-refractivity contribution in [2.75, 3.05) is 17.7 Å². The monoisotopic (exact) mass is 600 g/mol. The number of anilines is 2. The molecule has 0 saturated carbocycles. The van der Waals surface area contributed by atoms with Crippen molar-refractivity contribution in [3.63, 3.8) is 0 Å². The summed E-state index contributed by atoms with van der Waals surface area (Å²) in [4.78, 5) is 38.6. The molecule has 5 rings (SSSR count). The molecule has 1 spiro atoms. The highest BCUT2D eigenvalue weighted by Gasteiger charge is 2.49. The molecule has 3 aromatic carbocycles. The van der Waals surface area contributed by atoms with E-state index in [0.29, 0.717) is 48.7 Å². The van der Waals surface area contributed by atoms with Crippen LogP contribution in [-0.4, -0.2) is 41.5 Å². The summed E-state index contributed by atoms with van der Waals surface area (Å²) in [7, 11) is 0. The van der Waals surface area contributed by atoms with E-state index in [1.165, 1.54) is 0 Å². The number of aliphatic hydroxyl groups is 1. The Balaban J connectivity index is 1.42. The van der Waals surface area contributed by atoms with E-state index in [4.69, 9.17) is 15.2 Å². The molecular formula is C34H40N4O6. The average Bonchev–Trinajstić information content (AvgIpc) is 3.38. The summed E-state index contributed by atoms with van der Waals surface area (Å²) in [5, 5.41) is 17.5. The van der Waals surface area contributed by atoms with Gasteiger partial charge in [-0.1, -0.05) is 57.9 Å². The Morgan fingerprint density at radius 3 is 2.39 bits per heavy atom. The van der Waals surface area contributed by atoms with Crippen LogP contribution in [0.25, 0.3) is 0 Å². The summed E-state index contributed by atoms with van der Waals surface area (Å²) in [6.07, 6.45) is 2.31. The van der Waals surface area contributed by atoms with E-state index < -0.39 is 36.1 Å². The Labute approximate surface area is 257 Å². The van der Waals surface area contributed by atoms with Gasteiger partial charge in [0.25, 0.3) is 0 Å². The van der Waals surface area contributed by atoms with Crippen LogP contribution < -0.4 is 26.4 Å². The maximum atomic E-state index is 13.6. The predicted octanol–water partition coefficient (Wildman–Crippen LogP) is 4.33. The van der Waals surface area contributed by atoms with E-state index in [9.17, 15) is 19.5 Å². The molecule has 2 heterocycles. The van der Waals surface area contributed by atoms with E-state index in [0.717, 1.165) is 28.7 Å². The summed E-state index contributed by atoms with van der Waals surface area (Å²) in [5.74, 6) is -0.311. The molecule has 3 amide bonds. The van der Waals surface area contributed by atoms with Crippen molar-refractivity contribution in [2.45, 2.75) is 70.7 Å². The van der Waals surface area contributed by atoms with Crippen molar-refractivity contribution < 1.29 is 29.0 Å². The lowest BCUT2D eigenvalue weighted by Crippen LogP contribution is -2.53. The number of benzene rings is 3. The molecule has 0 radical (unpaired) electrons. The summed E-state index contributed by atoms with van der Waals surface area (Å²) in [6, 6.07) is 17.4. The van der Waals surface area contributed by atoms with Crippen molar-refractivity contribution in [1.82, 2.24) is 10.6 Å². The third kappa shape index (κ3) is 6.13. The molecule has 10 nitrogen and oxygen atoms in total. The first-order valence-corrected chi connectivity index (χ1v) is 15.1. The van der Waals surface area contributed by atoms with Gasteiger partial charge in [0.1, 0.15) is 30.2 Å². The number of hydrogen-bond donors (Lipinski definition) is 5. The fourth-order valence-corrected chi connectivity index (χ4v) is 5.97. The fraction of sp³-hybridized carbons (Fsp3) is 0.382. The number of carbonyl (C=O) groups excluding carboxylic acids is 3. The number of fused-ring (bicyclic) bond motifs is 6. The quantitative estimate of drug-likeness (QED) is 0.205. The molecule has 0 bridgehead atoms. The van der Waals surface area contributed by atoms with E-state index in [2.05, 4.69) is 28.1 Å². The Morgan fingerprint density at radius 1 is 0.932 bits per heavy atom. The van der Waals surface area contributed by atoms with Crippen LogP contribution in [-0.2, 0) is 31.3 Å². The third-order valence-corrected chi connectivity index (χ3v) is 8.06. The molecule has 6 N–H and O–H groups in total. The number of unbranched alkanes of at least 4 members (excludes halogenated alkanes) is 1. The smallest absolute Gasteiger partial charge is 0.246 e. The van der Waals surface area contributed by atoms with Crippen LogP contribution in [0.2, 0.25) is 0 Å². The molecule has 2 aliphatic heterocycles. The first-order chi connectivity index (χ1) is 21.2. The number of nitrogens with two attached hydrogens (primary N) is 1. The van der Waals surface area contributed by atoms with Crippen LogP contribution >= 0.6 is 0 Å². The van der Waals surface area contributed by atoms with Gasteiger partial charge >= 0.3 is 0 Å². The summed E-state index contributed by atoms with van der Waals surface area (Å²) < 4.78 is 12.9. The number of aliphatic hydroxyl groups excluding tert-OH is 1. The van der Waals surface area contributed by atoms with Gasteiger partial charge in [0.15, 0.2) is 5.60 Å². The standard InChI is InChI=1S/C34H40N4O6/c1-4-5-10-27(38-33(42)28(15-20(2)3)37-31(40)18-39)32(41)36-23-12-14-26-30(17-23)44-29-16-22(35)11-13-25(29)34(26)24-9-7-6-8-21(24)19-43-34/h6-9,11-14,16-17,20,27-28,39H,4-5,10,15,18-19,35H2,1-3H3,(H,36,41)(H,37,40)(H,38,42)/t27-,28-,34?/m0/s1. The molecule has 0 aliphatic carbocycles. The molecule has 0 saturated heterocycles. The van der Waals surface area contributed by atoms with E-state index in [1.807, 2.05) is 51.1 Å². The third-order valence-electron chi connectivity index (χ3n) is 8.06. The molecule has 1 unspecified atom stereocenters. The normalized spacial score (nSPS) is 17.6. The van der Waals surface area contributed by atoms with Gasteiger partial charge in [0.05, 0.1) is 6.61 Å². The lowest BCUT2D eigenvalue weighted by molar-refractivity contribution is -0.132. The van der Waals surface area contributed by atoms with Gasteiger partial charge in [-0.2, -0.15) is 0 Å². The Kier molecular flexibility index (Phi) is 9.22. The highest BCUT2D eigenvalue weighted by Crippen LogP contribution is 2.56. The second-order valence-corrected chi connectivity index (χ2v) is 11.8. The Morgan fingerprint density at radius 2 is 1.66 bits per heavy atom. The van der Waals surface area contributed by atoms with Crippen LogP contribution in [0.15, 0.2) is 60.7 Å². The highest BCUT2D eigenvalue weighted by atomic mass is 16.5. The minimum absolute atomic E-state index is 0.0998. The van der Waals surface area contributed by atoms with Gasteiger partial charge in [-0.15, -0.1) is 0 Å². The SMILES string of the molecule is CCCC[C@H](NC(=O)[C@H](CC(C)C)NC(=O)CO)C(=O)Nc1ccc2c(c1)Oc1cc(N)ccc1C21OCc2ccccc21. The van der Waals surface area contributed by atoms with Crippen molar-refractivity contribution >= 4 is 29.1 Å². The number of rotatable bonds is 11. The molecule has 3 atom stereocenters. The predicted molar refractivity (Wildman–Crippen MR) is 167 cm³/mol. The zero-order chi connectivity index (χ0) is 31.4. The molecule has 0 aromatic heterocycles. The number of nitrogen functional groups attached to an aromatic ring is 1. The van der Waals surface area contributed by atoms with Gasteiger partial charge in [-0.3, -0.25) is 14.4 Å². The van der Waals surface area contributed by atoms with Gasteiger partial charge < -0.3 is 36.3 Å². The molecule has 3 aromatic rings. The van der Waals surface area contributed by atoms with E-state index in [1.54, 1.807) is 18.2 Å². The maximum Gasteiger partial charge on any atom is 0.246 e. The van der Waals surface area contributed by atoms with Crippen molar-refractivity contribution in [3.05, 3.63) is 82.9 Å². The molecule has 232 valence electrons. The van der Waals surface area contributed by atoms with Crippen molar-refractivity contribution in [1.29, 1.82) is 0 Å². The minimum Gasteiger partial charge on any atom is -0.456 e. The van der Waals surface area contributed by atoms with Gasteiger partial charge in [0, 0.05) is 34.6 Å². The molecule has 10 heteroatoms. The van der Waals surface area contributed by atoms with Gasteiger partial charge in [0.2, 0.25) is 17.7 Å². The number of ether oxygens (including phenoxy) is 2. The van der Waals surface area contributed by atoms with Crippen LogP contribution in [0.3, 0.4) is 0 Å². The second-order valence-electron chi connectivity index (χ2n) is 11.8. The topological polar surface area (TPSA) is 152 Å². The zero-order valence-corrected chi connectivity index (χ0v) is 25.3. The largest absolute Gasteiger partial charge is 0.456 e. The molecule has 2 aliphatic rings. The highest BCUT2D eigenvalue weighted by molar-refractivity contribution is 5.98. The van der Waals surface area contributed by atoms with E-state index >= 15 is 0 Å². The second kappa shape index (κ2) is 13.1. The van der Waals surface area contributed by atoms with Crippen molar-refractivity contribution in [3.8, 4) is 11.5 Å². The summed E-state index contributed by atoms with van der Waals surface area (Å²) in [6.45, 7) is 5.57. The van der Waals surface area contributed by atoms with Crippen molar-refractivity contribution in [2.24, 2.45) is 5.92 Å². The number of amides is 3.